The van der Waals surface area contributed by atoms with Crippen LogP contribution in [0, 0.1) is 5.92 Å². The van der Waals surface area contributed by atoms with Crippen LogP contribution in [0.2, 0.25) is 0 Å². The first-order valence-electron chi connectivity index (χ1n) is 7.34. The van der Waals surface area contributed by atoms with Crippen molar-refractivity contribution in [2.75, 3.05) is 6.61 Å². The molecule has 0 bridgehead atoms. The molecule has 0 saturated carbocycles. The lowest BCUT2D eigenvalue weighted by molar-refractivity contribution is -0.138. The second kappa shape index (κ2) is 8.39. The summed E-state index contributed by atoms with van der Waals surface area (Å²) in [5.41, 5.74) is 0.706. The van der Waals surface area contributed by atoms with Crippen LogP contribution in [0.25, 0.3) is 6.08 Å². The van der Waals surface area contributed by atoms with Crippen LogP contribution in [0.3, 0.4) is 0 Å². The normalized spacial score (nSPS) is 12.5. The maximum Gasteiger partial charge on any atom is 0.330 e. The van der Waals surface area contributed by atoms with E-state index in [0.29, 0.717) is 22.1 Å². The predicted octanol–water partition coefficient (Wildman–Crippen LogP) is 3.46. The van der Waals surface area contributed by atoms with E-state index in [1.165, 1.54) is 6.08 Å². The Kier molecular flexibility index (Phi) is 6.23. The fraction of sp³-hybridized carbons (Fsp3) is 0.222. The quantitative estimate of drug-likeness (QED) is 0.601. The standard InChI is InChI=1S/C18H19NO3S/c1-14(2)13-22-18(20)11-10-15-7-3-4-8-16(15)23(21)17-9-5-6-12-19-17/h3-12,14H,13H2,1-2H3/b11-10+. The molecule has 0 saturated heterocycles. The van der Waals surface area contributed by atoms with Crippen LogP contribution in [0.4, 0.5) is 0 Å². The molecule has 0 aliphatic carbocycles. The molecule has 1 atom stereocenters. The summed E-state index contributed by atoms with van der Waals surface area (Å²) in [6.07, 6.45) is 4.59. The highest BCUT2D eigenvalue weighted by Crippen LogP contribution is 2.20. The van der Waals surface area contributed by atoms with Crippen LogP contribution in [-0.4, -0.2) is 21.8 Å². The van der Waals surface area contributed by atoms with Gasteiger partial charge in [-0.15, -0.1) is 0 Å². The first kappa shape index (κ1) is 17.1. The summed E-state index contributed by atoms with van der Waals surface area (Å²) < 4.78 is 17.7. The molecule has 5 heteroatoms. The number of rotatable bonds is 6. The SMILES string of the molecule is CC(C)COC(=O)/C=C/c1ccccc1S(=O)c1ccccn1. The Balaban J connectivity index is 2.18. The summed E-state index contributed by atoms with van der Waals surface area (Å²) in [6.45, 7) is 4.33. The number of ether oxygens (including phenoxy) is 1. The van der Waals surface area contributed by atoms with Gasteiger partial charge in [0.05, 0.1) is 11.5 Å². The number of aromatic nitrogens is 1. The van der Waals surface area contributed by atoms with Gasteiger partial charge in [-0.1, -0.05) is 38.1 Å². The van der Waals surface area contributed by atoms with E-state index in [9.17, 15) is 9.00 Å². The van der Waals surface area contributed by atoms with E-state index < -0.39 is 16.8 Å². The van der Waals surface area contributed by atoms with Gasteiger partial charge in [0.15, 0.2) is 0 Å². The fourth-order valence-electron chi connectivity index (χ4n) is 1.81. The highest BCUT2D eigenvalue weighted by Gasteiger charge is 2.11. The largest absolute Gasteiger partial charge is 0.462 e. The van der Waals surface area contributed by atoms with Gasteiger partial charge in [0.2, 0.25) is 0 Å². The van der Waals surface area contributed by atoms with E-state index in [0.717, 1.165) is 0 Å². The molecule has 2 aromatic rings. The lowest BCUT2D eigenvalue weighted by atomic mass is 10.2. The minimum absolute atomic E-state index is 0.288. The zero-order chi connectivity index (χ0) is 16.7. The predicted molar refractivity (Wildman–Crippen MR) is 90.2 cm³/mol. The molecule has 0 radical (unpaired) electrons. The van der Waals surface area contributed by atoms with Crippen LogP contribution in [0.1, 0.15) is 19.4 Å². The molecular weight excluding hydrogens is 310 g/mol. The van der Waals surface area contributed by atoms with Crippen molar-refractivity contribution in [3.05, 3.63) is 60.3 Å². The van der Waals surface area contributed by atoms with Gasteiger partial charge >= 0.3 is 5.97 Å². The summed E-state index contributed by atoms with van der Waals surface area (Å²) >= 11 is 0. The molecule has 2 rings (SSSR count). The van der Waals surface area contributed by atoms with Gasteiger partial charge in [-0.25, -0.2) is 14.0 Å². The van der Waals surface area contributed by atoms with Crippen LogP contribution in [0.15, 0.2) is 64.7 Å². The van der Waals surface area contributed by atoms with E-state index in [1.54, 1.807) is 36.5 Å². The molecular formula is C18H19NO3S. The number of nitrogens with zero attached hydrogens (tertiary/aromatic N) is 1. The minimum Gasteiger partial charge on any atom is -0.462 e. The smallest absolute Gasteiger partial charge is 0.330 e. The number of carbonyl (C=O) groups is 1. The first-order chi connectivity index (χ1) is 11.1. The Morgan fingerprint density at radius 3 is 2.65 bits per heavy atom. The average molecular weight is 329 g/mol. The van der Waals surface area contributed by atoms with Crippen LogP contribution < -0.4 is 0 Å². The van der Waals surface area contributed by atoms with Crippen molar-refractivity contribution in [3.63, 3.8) is 0 Å². The number of esters is 1. The van der Waals surface area contributed by atoms with Gasteiger partial charge in [0.1, 0.15) is 15.8 Å². The molecule has 1 unspecified atom stereocenters. The minimum atomic E-state index is -1.40. The van der Waals surface area contributed by atoms with Crippen molar-refractivity contribution in [2.24, 2.45) is 5.92 Å². The summed E-state index contributed by atoms with van der Waals surface area (Å²) in [6, 6.07) is 12.5. The zero-order valence-corrected chi connectivity index (χ0v) is 14.0. The molecule has 1 heterocycles. The number of carbonyl (C=O) groups excluding carboxylic acids is 1. The third kappa shape index (κ3) is 5.14. The van der Waals surface area contributed by atoms with Gasteiger partial charge in [0.25, 0.3) is 0 Å². The fourth-order valence-corrected chi connectivity index (χ4v) is 2.95. The van der Waals surface area contributed by atoms with Crippen molar-refractivity contribution in [2.45, 2.75) is 23.8 Å². The Labute approximate surface area is 138 Å². The monoisotopic (exact) mass is 329 g/mol. The van der Waals surface area contributed by atoms with Crippen molar-refractivity contribution in [1.82, 2.24) is 4.98 Å². The van der Waals surface area contributed by atoms with Crippen molar-refractivity contribution in [1.29, 1.82) is 0 Å². The van der Waals surface area contributed by atoms with Gasteiger partial charge < -0.3 is 4.74 Å². The van der Waals surface area contributed by atoms with Gasteiger partial charge in [0, 0.05) is 12.3 Å². The van der Waals surface area contributed by atoms with E-state index in [1.807, 2.05) is 32.0 Å². The molecule has 0 spiro atoms. The summed E-state index contributed by atoms with van der Waals surface area (Å²) in [5.74, 6) is -0.117. The van der Waals surface area contributed by atoms with E-state index in [2.05, 4.69) is 4.98 Å². The van der Waals surface area contributed by atoms with E-state index in [4.69, 9.17) is 4.74 Å². The lowest BCUT2D eigenvalue weighted by Crippen LogP contribution is -2.07. The van der Waals surface area contributed by atoms with Gasteiger partial charge in [-0.05, 0) is 35.8 Å². The Bertz CT molecular complexity index is 711. The molecule has 23 heavy (non-hydrogen) atoms. The lowest BCUT2D eigenvalue weighted by Gasteiger charge is -2.06. The van der Waals surface area contributed by atoms with Crippen molar-refractivity contribution < 1.29 is 13.7 Å². The molecule has 1 aromatic carbocycles. The highest BCUT2D eigenvalue weighted by molar-refractivity contribution is 7.85. The number of hydrogen-bond acceptors (Lipinski definition) is 4. The molecule has 0 aliphatic rings. The molecule has 0 aliphatic heterocycles. The topological polar surface area (TPSA) is 56.3 Å². The molecule has 0 N–H and O–H groups in total. The Hall–Kier alpha value is -2.27. The Morgan fingerprint density at radius 2 is 1.96 bits per heavy atom. The van der Waals surface area contributed by atoms with Crippen LogP contribution in [0.5, 0.6) is 0 Å². The summed E-state index contributed by atoms with van der Waals surface area (Å²) in [4.78, 5) is 16.4. The van der Waals surface area contributed by atoms with Gasteiger partial charge in [-0.2, -0.15) is 0 Å². The molecule has 4 nitrogen and oxygen atoms in total. The third-order valence-corrected chi connectivity index (χ3v) is 4.30. The number of pyridine rings is 1. The Morgan fingerprint density at radius 1 is 1.22 bits per heavy atom. The van der Waals surface area contributed by atoms with Crippen LogP contribution >= 0.6 is 0 Å². The average Bonchev–Trinajstić information content (AvgIpc) is 2.58. The molecule has 1 aromatic heterocycles. The highest BCUT2D eigenvalue weighted by atomic mass is 32.2. The van der Waals surface area contributed by atoms with Crippen molar-refractivity contribution in [3.8, 4) is 0 Å². The maximum absolute atomic E-state index is 12.6. The third-order valence-electron chi connectivity index (χ3n) is 2.90. The van der Waals surface area contributed by atoms with Crippen molar-refractivity contribution >= 4 is 22.8 Å². The second-order valence-corrected chi connectivity index (χ2v) is 6.73. The van der Waals surface area contributed by atoms with E-state index in [-0.39, 0.29) is 5.92 Å². The number of benzene rings is 1. The molecule has 0 amide bonds. The maximum atomic E-state index is 12.6. The summed E-state index contributed by atoms with van der Waals surface area (Å²) in [5, 5.41) is 0.482. The number of hydrogen-bond donors (Lipinski definition) is 0. The first-order valence-corrected chi connectivity index (χ1v) is 8.49. The second-order valence-electron chi connectivity index (χ2n) is 5.33. The molecule has 0 fully saturated rings. The molecule has 120 valence electrons. The van der Waals surface area contributed by atoms with E-state index >= 15 is 0 Å². The van der Waals surface area contributed by atoms with Gasteiger partial charge in [-0.3, -0.25) is 0 Å². The summed E-state index contributed by atoms with van der Waals surface area (Å²) in [7, 11) is -1.40. The van der Waals surface area contributed by atoms with Crippen LogP contribution in [-0.2, 0) is 20.3 Å². The zero-order valence-electron chi connectivity index (χ0n) is 13.1.